The molecule has 2 atom stereocenters. The summed E-state index contributed by atoms with van der Waals surface area (Å²) in [5.74, 6) is -0.222. The van der Waals surface area contributed by atoms with E-state index in [4.69, 9.17) is 4.74 Å². The molecule has 2 bridgehead atoms. The van der Waals surface area contributed by atoms with Gasteiger partial charge in [-0.25, -0.2) is 4.79 Å². The molecule has 0 aromatic carbocycles. The molecule has 1 saturated heterocycles. The van der Waals surface area contributed by atoms with E-state index in [0.29, 0.717) is 0 Å². The lowest BCUT2D eigenvalue weighted by atomic mass is 9.93. The maximum Gasteiger partial charge on any atom is 0.336 e. The second-order valence-electron chi connectivity index (χ2n) is 3.28. The fourth-order valence-electron chi connectivity index (χ4n) is 2.00. The van der Waals surface area contributed by atoms with Crippen LogP contribution in [0, 0.1) is 0 Å². The van der Waals surface area contributed by atoms with Crippen LogP contribution < -0.4 is 0 Å². The van der Waals surface area contributed by atoms with Gasteiger partial charge in [-0.2, -0.15) is 0 Å². The van der Waals surface area contributed by atoms with Gasteiger partial charge in [-0.05, 0) is 25.3 Å². The molecule has 12 heavy (non-hydrogen) atoms. The normalized spacial score (nSPS) is 32.8. The molecule has 2 rings (SSSR count). The smallest absolute Gasteiger partial charge is 0.336 e. The van der Waals surface area contributed by atoms with Gasteiger partial charge in [0.05, 0.1) is 24.9 Å². The minimum absolute atomic E-state index is 0.0162. The van der Waals surface area contributed by atoms with Gasteiger partial charge in [0.25, 0.3) is 0 Å². The molecule has 2 aliphatic heterocycles. The van der Waals surface area contributed by atoms with Crippen LogP contribution in [0.2, 0.25) is 0 Å². The van der Waals surface area contributed by atoms with E-state index in [1.165, 1.54) is 7.11 Å². The highest BCUT2D eigenvalue weighted by molar-refractivity contribution is 5.91. The van der Waals surface area contributed by atoms with Crippen LogP contribution in [0.1, 0.15) is 19.8 Å². The first-order valence-corrected chi connectivity index (χ1v) is 4.18. The molecule has 0 aromatic rings. The fraction of sp³-hybridized carbons (Fsp3) is 0.667. The summed E-state index contributed by atoms with van der Waals surface area (Å²) in [6.07, 6.45) is 2.22. The molecule has 3 heteroatoms. The minimum Gasteiger partial charge on any atom is -0.466 e. The predicted molar refractivity (Wildman–Crippen MR) is 42.6 cm³/mol. The van der Waals surface area contributed by atoms with Gasteiger partial charge < -0.3 is 9.47 Å². The Hall–Kier alpha value is -0.830. The first kappa shape index (κ1) is 7.80. The van der Waals surface area contributed by atoms with E-state index >= 15 is 0 Å². The highest BCUT2D eigenvalue weighted by Crippen LogP contribution is 2.39. The Balaban J connectivity index is 2.29. The zero-order valence-electron chi connectivity index (χ0n) is 7.29. The first-order chi connectivity index (χ1) is 5.74. The van der Waals surface area contributed by atoms with E-state index in [0.717, 1.165) is 24.0 Å². The lowest BCUT2D eigenvalue weighted by molar-refractivity contribution is -0.137. The van der Waals surface area contributed by atoms with E-state index < -0.39 is 0 Å². The van der Waals surface area contributed by atoms with Gasteiger partial charge >= 0.3 is 5.97 Å². The van der Waals surface area contributed by atoms with Crippen molar-refractivity contribution < 1.29 is 14.3 Å². The van der Waals surface area contributed by atoms with Crippen molar-refractivity contribution in [3.8, 4) is 0 Å². The summed E-state index contributed by atoms with van der Waals surface area (Å²) in [6, 6.07) is 0. The Bertz CT molecular complexity index is 254. The summed E-state index contributed by atoms with van der Waals surface area (Å²) in [7, 11) is 1.41. The highest BCUT2D eigenvalue weighted by atomic mass is 16.5. The average molecular weight is 168 g/mol. The molecule has 0 radical (unpaired) electrons. The van der Waals surface area contributed by atoms with Crippen LogP contribution >= 0.6 is 0 Å². The van der Waals surface area contributed by atoms with Gasteiger partial charge in [0, 0.05) is 0 Å². The van der Waals surface area contributed by atoms with Crippen molar-refractivity contribution in [3.63, 3.8) is 0 Å². The quantitative estimate of drug-likeness (QED) is 0.549. The predicted octanol–water partition coefficient (Wildman–Crippen LogP) is 1.04. The number of carbonyl (C=O) groups is 1. The zero-order valence-corrected chi connectivity index (χ0v) is 7.29. The van der Waals surface area contributed by atoms with Gasteiger partial charge in [0.2, 0.25) is 0 Å². The Kier molecular flexibility index (Phi) is 1.68. The topological polar surface area (TPSA) is 35.5 Å². The van der Waals surface area contributed by atoms with E-state index in [1.807, 2.05) is 6.92 Å². The molecule has 2 aliphatic rings. The first-order valence-electron chi connectivity index (χ1n) is 4.18. The molecule has 0 saturated carbocycles. The fourth-order valence-corrected chi connectivity index (χ4v) is 2.00. The maximum absolute atomic E-state index is 11.3. The van der Waals surface area contributed by atoms with Crippen molar-refractivity contribution in [2.75, 3.05) is 7.11 Å². The molecular weight excluding hydrogens is 156 g/mol. The summed E-state index contributed by atoms with van der Waals surface area (Å²) in [5.41, 5.74) is 1.83. The Morgan fingerprint density at radius 1 is 1.50 bits per heavy atom. The standard InChI is InChI=1S/C9H12O3/c1-5-6-3-4-7(12-6)8(5)9(10)11-2/h6-7H,3-4H2,1-2H3. The largest absolute Gasteiger partial charge is 0.466 e. The number of rotatable bonds is 1. The molecule has 2 heterocycles. The molecule has 0 N–H and O–H groups in total. The molecule has 1 fully saturated rings. The van der Waals surface area contributed by atoms with Crippen LogP contribution in [0.25, 0.3) is 0 Å². The molecule has 0 amide bonds. The van der Waals surface area contributed by atoms with Crippen LogP contribution in [0.15, 0.2) is 11.1 Å². The number of methoxy groups -OCH3 is 1. The maximum atomic E-state index is 11.3. The van der Waals surface area contributed by atoms with Gasteiger partial charge in [-0.3, -0.25) is 0 Å². The minimum atomic E-state index is -0.222. The zero-order chi connectivity index (χ0) is 8.72. The second-order valence-corrected chi connectivity index (χ2v) is 3.28. The molecule has 0 aliphatic carbocycles. The van der Waals surface area contributed by atoms with Gasteiger partial charge in [-0.15, -0.1) is 0 Å². The number of carbonyl (C=O) groups excluding carboxylic acids is 1. The number of esters is 1. The summed E-state index contributed by atoms with van der Waals surface area (Å²) in [6.45, 7) is 1.95. The van der Waals surface area contributed by atoms with Gasteiger partial charge in [0.15, 0.2) is 0 Å². The third-order valence-electron chi connectivity index (χ3n) is 2.65. The monoisotopic (exact) mass is 168 g/mol. The number of hydrogen-bond donors (Lipinski definition) is 0. The molecule has 0 spiro atoms. The molecular formula is C9H12O3. The third-order valence-corrected chi connectivity index (χ3v) is 2.65. The molecule has 3 nitrogen and oxygen atoms in total. The van der Waals surface area contributed by atoms with E-state index in [-0.39, 0.29) is 18.2 Å². The number of ether oxygens (including phenoxy) is 2. The molecule has 0 aromatic heterocycles. The van der Waals surface area contributed by atoms with E-state index in [9.17, 15) is 4.79 Å². The number of hydrogen-bond acceptors (Lipinski definition) is 3. The van der Waals surface area contributed by atoms with Crippen LogP contribution in [-0.4, -0.2) is 25.3 Å². The molecule has 2 unspecified atom stereocenters. The van der Waals surface area contributed by atoms with Crippen molar-refractivity contribution in [2.24, 2.45) is 0 Å². The van der Waals surface area contributed by atoms with Crippen LogP contribution in [0.3, 0.4) is 0 Å². The Labute approximate surface area is 71.3 Å². The molecule has 66 valence electrons. The summed E-state index contributed by atoms with van der Waals surface area (Å²) in [4.78, 5) is 11.3. The van der Waals surface area contributed by atoms with Crippen molar-refractivity contribution in [2.45, 2.75) is 32.0 Å². The second kappa shape index (κ2) is 2.59. The van der Waals surface area contributed by atoms with Crippen molar-refractivity contribution >= 4 is 5.97 Å². The van der Waals surface area contributed by atoms with Crippen LogP contribution in [0.5, 0.6) is 0 Å². The third kappa shape index (κ3) is 0.894. The van der Waals surface area contributed by atoms with Gasteiger partial charge in [0.1, 0.15) is 0 Å². The summed E-state index contributed by atoms with van der Waals surface area (Å²) < 4.78 is 10.2. The highest BCUT2D eigenvalue weighted by Gasteiger charge is 2.41. The van der Waals surface area contributed by atoms with Crippen molar-refractivity contribution in [1.29, 1.82) is 0 Å². The SMILES string of the molecule is COC(=O)C1=C(C)C2CCC1O2. The van der Waals surface area contributed by atoms with Crippen LogP contribution in [0.4, 0.5) is 0 Å². The van der Waals surface area contributed by atoms with Gasteiger partial charge in [-0.1, -0.05) is 0 Å². The summed E-state index contributed by atoms with van der Waals surface area (Å²) >= 11 is 0. The average Bonchev–Trinajstić information content (AvgIpc) is 2.63. The van der Waals surface area contributed by atoms with E-state index in [1.54, 1.807) is 0 Å². The Morgan fingerprint density at radius 3 is 2.67 bits per heavy atom. The van der Waals surface area contributed by atoms with Crippen molar-refractivity contribution in [3.05, 3.63) is 11.1 Å². The van der Waals surface area contributed by atoms with Crippen molar-refractivity contribution in [1.82, 2.24) is 0 Å². The van der Waals surface area contributed by atoms with E-state index in [2.05, 4.69) is 4.74 Å². The lowest BCUT2D eigenvalue weighted by Crippen LogP contribution is -2.17. The van der Waals surface area contributed by atoms with Crippen LogP contribution in [-0.2, 0) is 14.3 Å². The lowest BCUT2D eigenvalue weighted by Gasteiger charge is -2.10. The Morgan fingerprint density at radius 2 is 2.17 bits per heavy atom. The summed E-state index contributed by atoms with van der Waals surface area (Å²) in [5, 5.41) is 0. The number of fused-ring (bicyclic) bond motifs is 2.